The fourth-order valence-electron chi connectivity index (χ4n) is 2.09. The third-order valence-corrected chi connectivity index (χ3v) is 3.61. The quantitative estimate of drug-likeness (QED) is 0.448. The number of rotatable bonds is 8. The van der Waals surface area contributed by atoms with Gasteiger partial charge in [0.2, 0.25) is 0 Å². The van der Waals surface area contributed by atoms with Gasteiger partial charge in [-0.25, -0.2) is 0 Å². The summed E-state index contributed by atoms with van der Waals surface area (Å²) in [7, 11) is 3.86. The molecule has 0 radical (unpaired) electrons. The van der Waals surface area contributed by atoms with Crippen molar-refractivity contribution in [3.8, 4) is 0 Å². The highest BCUT2D eigenvalue weighted by atomic mass is 16.5. The normalized spacial score (nSPS) is 15.0. The van der Waals surface area contributed by atoms with E-state index in [-0.39, 0.29) is 0 Å². The van der Waals surface area contributed by atoms with Crippen LogP contribution in [-0.2, 0) is 11.2 Å². The minimum atomic E-state index is 0.760. The Morgan fingerprint density at radius 2 is 2.38 bits per heavy atom. The number of aliphatic imine (C=N–C) groups is 1. The van der Waals surface area contributed by atoms with Crippen molar-refractivity contribution >= 4 is 5.96 Å². The number of nitrogens with one attached hydrogen (secondary N) is 1. The van der Waals surface area contributed by atoms with Crippen molar-refractivity contribution < 1.29 is 4.74 Å². The van der Waals surface area contributed by atoms with E-state index in [0.29, 0.717) is 0 Å². The fourth-order valence-corrected chi connectivity index (χ4v) is 2.09. The Hall–Kier alpha value is -1.62. The highest BCUT2D eigenvalue weighted by molar-refractivity contribution is 5.79. The molecule has 1 aromatic heterocycles. The van der Waals surface area contributed by atoms with E-state index >= 15 is 0 Å². The summed E-state index contributed by atoms with van der Waals surface area (Å²) in [6.45, 7) is 3.39. The number of pyridine rings is 1. The summed E-state index contributed by atoms with van der Waals surface area (Å²) in [6, 6.07) is 4.06. The lowest BCUT2D eigenvalue weighted by Crippen LogP contribution is -2.41. The summed E-state index contributed by atoms with van der Waals surface area (Å²) in [5.41, 5.74) is 1.23. The summed E-state index contributed by atoms with van der Waals surface area (Å²) >= 11 is 0. The molecule has 1 aliphatic carbocycles. The van der Waals surface area contributed by atoms with Crippen molar-refractivity contribution in [3.63, 3.8) is 0 Å². The van der Waals surface area contributed by atoms with Crippen LogP contribution in [0.5, 0.6) is 0 Å². The van der Waals surface area contributed by atoms with Gasteiger partial charge in [0.05, 0.1) is 6.61 Å². The van der Waals surface area contributed by atoms with Crippen LogP contribution in [0.15, 0.2) is 29.5 Å². The van der Waals surface area contributed by atoms with Crippen LogP contribution in [0.3, 0.4) is 0 Å². The minimum Gasteiger partial charge on any atom is -0.379 e. The lowest BCUT2D eigenvalue weighted by molar-refractivity contribution is 0.115. The number of hydrogen-bond donors (Lipinski definition) is 1. The average molecular weight is 290 g/mol. The Morgan fingerprint density at radius 1 is 1.52 bits per heavy atom. The van der Waals surface area contributed by atoms with Gasteiger partial charge in [0.1, 0.15) is 0 Å². The molecular formula is C16H26N4O. The molecule has 0 bridgehead atoms. The second kappa shape index (κ2) is 8.62. The molecule has 1 fully saturated rings. The van der Waals surface area contributed by atoms with Crippen LogP contribution in [0.4, 0.5) is 0 Å². The zero-order valence-corrected chi connectivity index (χ0v) is 13.1. The summed E-state index contributed by atoms with van der Waals surface area (Å²) < 4.78 is 5.66. The van der Waals surface area contributed by atoms with Gasteiger partial charge in [-0.1, -0.05) is 6.07 Å². The van der Waals surface area contributed by atoms with Gasteiger partial charge in [-0.3, -0.25) is 9.98 Å². The summed E-state index contributed by atoms with van der Waals surface area (Å²) in [4.78, 5) is 10.5. The van der Waals surface area contributed by atoms with Gasteiger partial charge in [0, 0.05) is 46.2 Å². The standard InChI is InChI=1S/C16H26N4O/c1-17-16(19-9-7-14-4-3-8-18-12-14)20(2)10-11-21-13-15-5-6-15/h3-4,8,12,15H,5-7,9-11,13H2,1-2H3,(H,17,19). The van der Waals surface area contributed by atoms with Gasteiger partial charge >= 0.3 is 0 Å². The van der Waals surface area contributed by atoms with Crippen LogP contribution in [0.25, 0.3) is 0 Å². The zero-order chi connectivity index (χ0) is 14.9. The maximum Gasteiger partial charge on any atom is 0.193 e. The molecule has 0 unspecified atom stereocenters. The van der Waals surface area contributed by atoms with E-state index in [1.165, 1.54) is 18.4 Å². The van der Waals surface area contributed by atoms with Crippen LogP contribution in [0, 0.1) is 5.92 Å². The van der Waals surface area contributed by atoms with Crippen molar-refractivity contribution in [2.45, 2.75) is 19.3 Å². The predicted octanol–water partition coefficient (Wildman–Crippen LogP) is 1.56. The van der Waals surface area contributed by atoms with Crippen molar-refractivity contribution in [1.29, 1.82) is 0 Å². The van der Waals surface area contributed by atoms with Crippen molar-refractivity contribution in [3.05, 3.63) is 30.1 Å². The average Bonchev–Trinajstić information content (AvgIpc) is 3.33. The van der Waals surface area contributed by atoms with Crippen molar-refractivity contribution in [1.82, 2.24) is 15.2 Å². The molecular weight excluding hydrogens is 264 g/mol. The molecule has 116 valence electrons. The van der Waals surface area contributed by atoms with Gasteiger partial charge in [0.15, 0.2) is 5.96 Å². The molecule has 21 heavy (non-hydrogen) atoms. The minimum absolute atomic E-state index is 0.760. The molecule has 1 heterocycles. The van der Waals surface area contributed by atoms with E-state index in [2.05, 4.69) is 26.3 Å². The molecule has 0 atom stereocenters. The highest BCUT2D eigenvalue weighted by Crippen LogP contribution is 2.28. The van der Waals surface area contributed by atoms with Crippen molar-refractivity contribution in [2.75, 3.05) is 40.4 Å². The third-order valence-electron chi connectivity index (χ3n) is 3.61. The van der Waals surface area contributed by atoms with Gasteiger partial charge in [0.25, 0.3) is 0 Å². The molecule has 0 aliphatic heterocycles. The van der Waals surface area contributed by atoms with Gasteiger partial charge < -0.3 is 15.0 Å². The topological polar surface area (TPSA) is 49.8 Å². The molecule has 5 heteroatoms. The van der Waals surface area contributed by atoms with Crippen LogP contribution in [0.2, 0.25) is 0 Å². The Kier molecular flexibility index (Phi) is 6.47. The molecule has 2 rings (SSSR count). The Labute approximate surface area is 127 Å². The molecule has 5 nitrogen and oxygen atoms in total. The van der Waals surface area contributed by atoms with E-state index in [1.54, 1.807) is 6.20 Å². The van der Waals surface area contributed by atoms with E-state index in [4.69, 9.17) is 4.74 Å². The Bertz CT molecular complexity index is 431. The SMILES string of the molecule is CN=C(NCCc1cccnc1)N(C)CCOCC1CC1. The third kappa shape index (κ3) is 6.12. The van der Waals surface area contributed by atoms with Gasteiger partial charge in [-0.15, -0.1) is 0 Å². The number of hydrogen-bond acceptors (Lipinski definition) is 3. The first-order valence-corrected chi connectivity index (χ1v) is 7.68. The fraction of sp³-hybridized carbons (Fsp3) is 0.625. The monoisotopic (exact) mass is 290 g/mol. The summed E-state index contributed by atoms with van der Waals surface area (Å²) in [5, 5.41) is 3.37. The Balaban J connectivity index is 1.61. The molecule has 1 N–H and O–H groups in total. The molecule has 0 spiro atoms. The molecule has 1 saturated carbocycles. The first-order valence-electron chi connectivity index (χ1n) is 7.68. The molecule has 0 aromatic carbocycles. The first-order chi connectivity index (χ1) is 10.3. The van der Waals surface area contributed by atoms with Crippen LogP contribution in [0.1, 0.15) is 18.4 Å². The van der Waals surface area contributed by atoms with E-state index in [1.807, 2.05) is 26.4 Å². The zero-order valence-electron chi connectivity index (χ0n) is 13.1. The van der Waals surface area contributed by atoms with Crippen molar-refractivity contribution in [2.24, 2.45) is 10.9 Å². The number of likely N-dealkylation sites (N-methyl/N-ethyl adjacent to an activating group) is 1. The second-order valence-electron chi connectivity index (χ2n) is 5.53. The molecule has 0 amide bonds. The molecule has 0 saturated heterocycles. The van der Waals surface area contributed by atoms with E-state index in [0.717, 1.165) is 44.6 Å². The molecule has 1 aromatic rings. The summed E-state index contributed by atoms with van der Waals surface area (Å²) in [5.74, 6) is 1.74. The Morgan fingerprint density at radius 3 is 3.05 bits per heavy atom. The number of ether oxygens (including phenoxy) is 1. The van der Waals surface area contributed by atoms with Gasteiger partial charge in [-0.2, -0.15) is 0 Å². The number of nitrogens with zero attached hydrogens (tertiary/aromatic N) is 3. The lowest BCUT2D eigenvalue weighted by Gasteiger charge is -2.22. The van der Waals surface area contributed by atoms with E-state index in [9.17, 15) is 0 Å². The highest BCUT2D eigenvalue weighted by Gasteiger charge is 2.21. The number of aromatic nitrogens is 1. The van der Waals surface area contributed by atoms with Crippen LogP contribution >= 0.6 is 0 Å². The number of guanidine groups is 1. The smallest absolute Gasteiger partial charge is 0.193 e. The summed E-state index contributed by atoms with van der Waals surface area (Å²) in [6.07, 6.45) is 7.32. The van der Waals surface area contributed by atoms with E-state index < -0.39 is 0 Å². The molecule has 1 aliphatic rings. The largest absolute Gasteiger partial charge is 0.379 e. The van der Waals surface area contributed by atoms with Crippen LogP contribution in [-0.4, -0.2) is 56.2 Å². The second-order valence-corrected chi connectivity index (χ2v) is 5.53. The van der Waals surface area contributed by atoms with Crippen LogP contribution < -0.4 is 5.32 Å². The predicted molar refractivity (Wildman–Crippen MR) is 85.5 cm³/mol. The van der Waals surface area contributed by atoms with Gasteiger partial charge in [-0.05, 0) is 36.8 Å². The first kappa shape index (κ1) is 15.8. The maximum atomic E-state index is 5.66. The maximum absolute atomic E-state index is 5.66. The lowest BCUT2D eigenvalue weighted by atomic mass is 10.2.